The maximum Gasteiger partial charge on any atom is 0.131 e. The van der Waals surface area contributed by atoms with Crippen LogP contribution in [0.4, 0.5) is 4.39 Å². The van der Waals surface area contributed by atoms with Gasteiger partial charge in [0.15, 0.2) is 0 Å². The normalized spacial score (nSPS) is 12.4. The first-order valence-electron chi connectivity index (χ1n) is 6.71. The molecule has 1 atom stereocenters. The summed E-state index contributed by atoms with van der Waals surface area (Å²) in [4.78, 5) is 4.50. The Morgan fingerprint density at radius 1 is 1.45 bits per heavy atom. The van der Waals surface area contributed by atoms with Crippen LogP contribution < -0.4 is 10.5 Å². The molecule has 0 radical (unpaired) electrons. The number of benzene rings is 1. The second-order valence-corrected chi connectivity index (χ2v) is 5.68. The molecule has 3 nitrogen and oxygen atoms in total. The maximum absolute atomic E-state index is 13.2. The van der Waals surface area contributed by atoms with Gasteiger partial charge in [0.25, 0.3) is 0 Å². The molecule has 0 fully saturated rings. The van der Waals surface area contributed by atoms with Crippen LogP contribution in [0, 0.1) is 5.82 Å². The number of hydrogen-bond acceptors (Lipinski definition) is 4. The van der Waals surface area contributed by atoms with Crippen molar-refractivity contribution in [1.29, 1.82) is 0 Å². The van der Waals surface area contributed by atoms with Crippen LogP contribution >= 0.6 is 11.3 Å². The van der Waals surface area contributed by atoms with Crippen molar-refractivity contribution in [3.63, 3.8) is 0 Å². The lowest BCUT2D eigenvalue weighted by Crippen LogP contribution is -2.08. The van der Waals surface area contributed by atoms with Crippen LogP contribution in [-0.4, -0.2) is 4.98 Å². The first-order valence-corrected chi connectivity index (χ1v) is 7.59. The monoisotopic (exact) mass is 294 g/mol. The van der Waals surface area contributed by atoms with E-state index in [9.17, 15) is 4.39 Å². The molecule has 2 N–H and O–H groups in total. The third-order valence-electron chi connectivity index (χ3n) is 2.90. The minimum absolute atomic E-state index is 0.271. The average Bonchev–Trinajstić information content (AvgIpc) is 2.85. The van der Waals surface area contributed by atoms with Crippen molar-refractivity contribution in [2.45, 2.75) is 39.3 Å². The molecule has 2 aromatic rings. The molecule has 0 aliphatic heterocycles. The molecule has 1 aromatic carbocycles. The molecule has 0 saturated heterocycles. The highest BCUT2D eigenvalue weighted by molar-refractivity contribution is 7.09. The van der Waals surface area contributed by atoms with Gasteiger partial charge in [-0.1, -0.05) is 6.92 Å². The first kappa shape index (κ1) is 14.9. The van der Waals surface area contributed by atoms with Crippen LogP contribution in [0.3, 0.4) is 0 Å². The zero-order chi connectivity index (χ0) is 14.5. The van der Waals surface area contributed by atoms with Crippen molar-refractivity contribution in [3.8, 4) is 5.75 Å². The lowest BCUT2D eigenvalue weighted by atomic mass is 10.1. The van der Waals surface area contributed by atoms with Crippen LogP contribution in [0.2, 0.25) is 0 Å². The van der Waals surface area contributed by atoms with Gasteiger partial charge in [0, 0.05) is 17.0 Å². The summed E-state index contributed by atoms with van der Waals surface area (Å²) in [5.41, 5.74) is 7.41. The highest BCUT2D eigenvalue weighted by Crippen LogP contribution is 2.25. The molecule has 108 valence electrons. The summed E-state index contributed by atoms with van der Waals surface area (Å²) < 4.78 is 19.0. The summed E-state index contributed by atoms with van der Waals surface area (Å²) in [7, 11) is 0. The van der Waals surface area contributed by atoms with E-state index in [-0.39, 0.29) is 11.9 Å². The van der Waals surface area contributed by atoms with Crippen LogP contribution in [0.15, 0.2) is 23.6 Å². The smallest absolute Gasteiger partial charge is 0.131 e. The topological polar surface area (TPSA) is 48.1 Å². The summed E-state index contributed by atoms with van der Waals surface area (Å²) in [6.07, 6.45) is 2.08. The van der Waals surface area contributed by atoms with Crippen molar-refractivity contribution in [3.05, 3.63) is 45.7 Å². The van der Waals surface area contributed by atoms with Crippen molar-refractivity contribution in [1.82, 2.24) is 4.98 Å². The van der Waals surface area contributed by atoms with Crippen molar-refractivity contribution < 1.29 is 9.13 Å². The Labute approximate surface area is 122 Å². The summed E-state index contributed by atoms with van der Waals surface area (Å²) in [5, 5.41) is 3.12. The third kappa shape index (κ3) is 3.77. The van der Waals surface area contributed by atoms with Crippen molar-refractivity contribution >= 4 is 11.3 Å². The van der Waals surface area contributed by atoms with E-state index in [1.54, 1.807) is 17.4 Å². The number of nitrogens with two attached hydrogens (primary N) is 1. The van der Waals surface area contributed by atoms with Gasteiger partial charge < -0.3 is 10.5 Å². The number of halogens is 1. The van der Waals surface area contributed by atoms with Gasteiger partial charge in [-0.15, -0.1) is 11.3 Å². The Hall–Kier alpha value is -1.46. The molecule has 5 heteroatoms. The van der Waals surface area contributed by atoms with Gasteiger partial charge in [0.2, 0.25) is 0 Å². The van der Waals surface area contributed by atoms with Crippen molar-refractivity contribution in [2.75, 3.05) is 0 Å². The Bertz CT molecular complexity index is 569. The Kier molecular flexibility index (Phi) is 5.09. The first-order chi connectivity index (χ1) is 9.60. The minimum Gasteiger partial charge on any atom is -0.487 e. The van der Waals surface area contributed by atoms with Crippen LogP contribution in [0.5, 0.6) is 5.75 Å². The van der Waals surface area contributed by atoms with Gasteiger partial charge in [0.1, 0.15) is 18.2 Å². The zero-order valence-electron chi connectivity index (χ0n) is 11.7. The van der Waals surface area contributed by atoms with Crippen LogP contribution in [-0.2, 0) is 13.0 Å². The quantitative estimate of drug-likeness (QED) is 0.880. The van der Waals surface area contributed by atoms with E-state index < -0.39 is 0 Å². The predicted molar refractivity (Wildman–Crippen MR) is 79.4 cm³/mol. The van der Waals surface area contributed by atoms with E-state index >= 15 is 0 Å². The molecule has 1 heterocycles. The fourth-order valence-electron chi connectivity index (χ4n) is 1.90. The van der Waals surface area contributed by atoms with Gasteiger partial charge in [-0.25, -0.2) is 9.37 Å². The number of hydrogen-bond donors (Lipinski definition) is 1. The minimum atomic E-state index is -0.302. The van der Waals surface area contributed by atoms with Gasteiger partial charge in [-0.2, -0.15) is 0 Å². The molecule has 0 amide bonds. The molecule has 0 spiro atoms. The highest BCUT2D eigenvalue weighted by Gasteiger charge is 2.10. The lowest BCUT2D eigenvalue weighted by Gasteiger charge is -2.13. The molecule has 2 rings (SSSR count). The van der Waals surface area contributed by atoms with Gasteiger partial charge in [0.05, 0.1) is 10.7 Å². The highest BCUT2D eigenvalue weighted by atomic mass is 32.1. The summed E-state index contributed by atoms with van der Waals surface area (Å²) in [6.45, 7) is 4.32. The fourth-order valence-corrected chi connectivity index (χ4v) is 2.79. The Morgan fingerprint density at radius 3 is 2.95 bits per heavy atom. The summed E-state index contributed by atoms with van der Waals surface area (Å²) in [5.74, 6) is 0.315. The van der Waals surface area contributed by atoms with Gasteiger partial charge >= 0.3 is 0 Å². The summed E-state index contributed by atoms with van der Waals surface area (Å²) in [6, 6.07) is 4.15. The number of nitrogens with zero attached hydrogens (tertiary/aromatic N) is 1. The van der Waals surface area contributed by atoms with E-state index in [4.69, 9.17) is 10.5 Å². The molecule has 1 aromatic heterocycles. The van der Waals surface area contributed by atoms with E-state index in [0.717, 1.165) is 23.5 Å². The zero-order valence-corrected chi connectivity index (χ0v) is 12.5. The number of rotatable bonds is 6. The standard InChI is InChI=1S/C15H19FN2OS/c1-3-4-15-18-12(9-20-15)8-19-14-6-5-11(16)7-13(14)10(2)17/h5-7,9-10H,3-4,8,17H2,1-2H3/t10-/m1/s1. The fraction of sp³-hybridized carbons (Fsp3) is 0.400. The second kappa shape index (κ2) is 6.81. The Balaban J connectivity index is 2.06. The molecule has 0 unspecified atom stereocenters. The third-order valence-corrected chi connectivity index (χ3v) is 3.86. The molecule has 0 saturated carbocycles. The van der Waals surface area contributed by atoms with E-state index in [2.05, 4.69) is 11.9 Å². The average molecular weight is 294 g/mol. The SMILES string of the molecule is CCCc1nc(COc2ccc(F)cc2[C@@H](C)N)cs1. The molecular weight excluding hydrogens is 275 g/mol. The second-order valence-electron chi connectivity index (χ2n) is 4.74. The van der Waals surface area contributed by atoms with Crippen LogP contribution in [0.25, 0.3) is 0 Å². The molecule has 20 heavy (non-hydrogen) atoms. The van der Waals surface area contributed by atoms with Gasteiger partial charge in [-0.05, 0) is 38.0 Å². The number of ether oxygens (including phenoxy) is 1. The predicted octanol–water partition coefficient (Wildman–Crippen LogP) is 3.83. The van der Waals surface area contributed by atoms with Gasteiger partial charge in [-0.3, -0.25) is 0 Å². The lowest BCUT2D eigenvalue weighted by molar-refractivity contribution is 0.296. The molecular formula is C15H19FN2OS. The Morgan fingerprint density at radius 2 is 2.25 bits per heavy atom. The summed E-state index contributed by atoms with van der Waals surface area (Å²) >= 11 is 1.65. The number of aryl methyl sites for hydroxylation is 1. The largest absolute Gasteiger partial charge is 0.487 e. The maximum atomic E-state index is 13.2. The van der Waals surface area contributed by atoms with Crippen molar-refractivity contribution in [2.24, 2.45) is 5.73 Å². The van der Waals surface area contributed by atoms with E-state index in [1.165, 1.54) is 12.1 Å². The molecule has 0 aliphatic carbocycles. The molecule has 0 aliphatic rings. The number of thiazole rings is 1. The molecule has 0 bridgehead atoms. The van der Waals surface area contributed by atoms with E-state index in [0.29, 0.717) is 17.9 Å². The van der Waals surface area contributed by atoms with E-state index in [1.807, 2.05) is 12.3 Å². The van der Waals surface area contributed by atoms with Crippen LogP contribution in [0.1, 0.15) is 42.6 Å². The number of aromatic nitrogens is 1.